The van der Waals surface area contributed by atoms with E-state index in [-0.39, 0.29) is 5.41 Å². The largest absolute Gasteiger partial charge is 0.223 e. The maximum absolute atomic E-state index is 5.96. The summed E-state index contributed by atoms with van der Waals surface area (Å²) in [6.45, 7) is 6.09. The molecule has 0 amide bonds. The molecule has 84 valence electrons. The minimum Gasteiger partial charge on any atom is -0.223 e. The lowest BCUT2D eigenvalue weighted by Gasteiger charge is -2.17. The van der Waals surface area contributed by atoms with Crippen molar-refractivity contribution in [3.63, 3.8) is 0 Å². The lowest BCUT2D eigenvalue weighted by Crippen LogP contribution is -2.17. The Kier molecular flexibility index (Phi) is 2.63. The monoisotopic (exact) mass is 237 g/mol. The van der Waals surface area contributed by atoms with E-state index in [4.69, 9.17) is 11.6 Å². The lowest BCUT2D eigenvalue weighted by atomic mass is 9.96. The van der Waals surface area contributed by atoms with Gasteiger partial charge in [0.1, 0.15) is 23.6 Å². The molecule has 2 aromatic heterocycles. The van der Waals surface area contributed by atoms with Crippen LogP contribution in [0.2, 0.25) is 5.15 Å². The average Bonchev–Trinajstić information content (AvgIpc) is 2.68. The van der Waals surface area contributed by atoms with Gasteiger partial charge in [0.2, 0.25) is 0 Å². The molecular weight excluding hydrogens is 226 g/mol. The van der Waals surface area contributed by atoms with Crippen LogP contribution in [0.3, 0.4) is 0 Å². The molecule has 0 bridgehead atoms. The van der Waals surface area contributed by atoms with Crippen LogP contribution >= 0.6 is 11.6 Å². The quantitative estimate of drug-likeness (QED) is 0.712. The molecule has 0 atom stereocenters. The maximum Gasteiger partial charge on any atom is 0.160 e. The van der Waals surface area contributed by atoms with Gasteiger partial charge < -0.3 is 0 Å². The van der Waals surface area contributed by atoms with Gasteiger partial charge in [0.15, 0.2) is 5.82 Å². The molecule has 5 nitrogen and oxygen atoms in total. The molecule has 0 unspecified atom stereocenters. The fraction of sp³-hybridized carbons (Fsp3) is 0.400. The molecule has 0 aliphatic carbocycles. The van der Waals surface area contributed by atoms with Gasteiger partial charge >= 0.3 is 0 Å². The van der Waals surface area contributed by atoms with Crippen molar-refractivity contribution in [2.75, 3.05) is 0 Å². The van der Waals surface area contributed by atoms with E-state index in [0.29, 0.717) is 16.8 Å². The second-order valence-corrected chi connectivity index (χ2v) is 4.85. The first-order valence-corrected chi connectivity index (χ1v) is 5.25. The van der Waals surface area contributed by atoms with Crippen molar-refractivity contribution in [3.05, 3.63) is 29.7 Å². The number of rotatable bonds is 1. The van der Waals surface area contributed by atoms with Crippen molar-refractivity contribution in [2.24, 2.45) is 0 Å². The molecule has 2 aromatic rings. The Morgan fingerprint density at radius 3 is 2.56 bits per heavy atom. The van der Waals surface area contributed by atoms with Crippen LogP contribution in [-0.4, -0.2) is 24.7 Å². The van der Waals surface area contributed by atoms with Crippen molar-refractivity contribution >= 4 is 11.6 Å². The summed E-state index contributed by atoms with van der Waals surface area (Å²) in [4.78, 5) is 12.5. The fourth-order valence-electron chi connectivity index (χ4n) is 1.19. The highest BCUT2D eigenvalue weighted by atomic mass is 35.5. The SMILES string of the molecule is CC(C)(C)c1nc(Cl)cc(-n2cncn2)n1. The first-order valence-electron chi connectivity index (χ1n) is 4.87. The predicted molar refractivity (Wildman–Crippen MR) is 60.7 cm³/mol. The molecule has 2 rings (SSSR count). The Hall–Kier alpha value is -1.49. The Morgan fingerprint density at radius 2 is 2.00 bits per heavy atom. The topological polar surface area (TPSA) is 56.5 Å². The smallest absolute Gasteiger partial charge is 0.160 e. The van der Waals surface area contributed by atoms with E-state index < -0.39 is 0 Å². The molecular formula is C10H12ClN5. The third-order valence-corrected chi connectivity index (χ3v) is 2.20. The van der Waals surface area contributed by atoms with E-state index in [1.165, 1.54) is 6.33 Å². The van der Waals surface area contributed by atoms with Crippen LogP contribution in [0.25, 0.3) is 5.82 Å². The van der Waals surface area contributed by atoms with Crippen LogP contribution in [-0.2, 0) is 5.41 Å². The van der Waals surface area contributed by atoms with E-state index >= 15 is 0 Å². The first-order chi connectivity index (χ1) is 7.47. The van der Waals surface area contributed by atoms with Gasteiger partial charge in [0, 0.05) is 11.5 Å². The fourth-order valence-corrected chi connectivity index (χ4v) is 1.36. The van der Waals surface area contributed by atoms with Gasteiger partial charge in [-0.3, -0.25) is 0 Å². The van der Waals surface area contributed by atoms with Gasteiger partial charge in [0.25, 0.3) is 0 Å². The first kappa shape index (κ1) is 11.0. The van der Waals surface area contributed by atoms with E-state index in [0.717, 1.165) is 0 Å². The average molecular weight is 238 g/mol. The van der Waals surface area contributed by atoms with Gasteiger partial charge in [-0.15, -0.1) is 0 Å². The zero-order chi connectivity index (χ0) is 11.8. The molecule has 2 heterocycles. The zero-order valence-corrected chi connectivity index (χ0v) is 10.1. The Balaban J connectivity index is 2.53. The molecule has 6 heteroatoms. The van der Waals surface area contributed by atoms with Crippen LogP contribution in [0.1, 0.15) is 26.6 Å². The summed E-state index contributed by atoms with van der Waals surface area (Å²) < 4.78 is 1.56. The highest BCUT2D eigenvalue weighted by molar-refractivity contribution is 6.29. The summed E-state index contributed by atoms with van der Waals surface area (Å²) in [5.41, 5.74) is -0.153. The van der Waals surface area contributed by atoms with Crippen molar-refractivity contribution < 1.29 is 0 Å². The number of hydrogen-bond acceptors (Lipinski definition) is 4. The number of aromatic nitrogens is 5. The molecule has 0 saturated heterocycles. The number of hydrogen-bond donors (Lipinski definition) is 0. The highest BCUT2D eigenvalue weighted by Crippen LogP contribution is 2.21. The standard InChI is InChI=1S/C10H12ClN5/c1-10(2,3)9-14-7(11)4-8(15-9)16-6-12-5-13-16/h4-6H,1-3H3. The minimum atomic E-state index is -0.153. The summed E-state index contributed by atoms with van der Waals surface area (Å²) in [6.07, 6.45) is 3.03. The third-order valence-electron chi connectivity index (χ3n) is 2.01. The van der Waals surface area contributed by atoms with Crippen molar-refractivity contribution in [3.8, 4) is 5.82 Å². The van der Waals surface area contributed by atoms with Crippen molar-refractivity contribution in [1.82, 2.24) is 24.7 Å². The number of nitrogens with zero attached hydrogens (tertiary/aromatic N) is 5. The molecule has 0 aliphatic heterocycles. The molecule has 0 radical (unpaired) electrons. The Morgan fingerprint density at radius 1 is 1.25 bits per heavy atom. The summed E-state index contributed by atoms with van der Waals surface area (Å²) in [5, 5.41) is 4.42. The highest BCUT2D eigenvalue weighted by Gasteiger charge is 2.19. The molecule has 0 saturated carbocycles. The molecule has 0 spiro atoms. The second kappa shape index (κ2) is 3.83. The van der Waals surface area contributed by atoms with Gasteiger partial charge in [-0.25, -0.2) is 19.6 Å². The third kappa shape index (κ3) is 2.19. The number of halogens is 1. The molecule has 0 N–H and O–H groups in total. The van der Waals surface area contributed by atoms with Crippen molar-refractivity contribution in [1.29, 1.82) is 0 Å². The lowest BCUT2D eigenvalue weighted by molar-refractivity contribution is 0.542. The van der Waals surface area contributed by atoms with Gasteiger partial charge in [-0.1, -0.05) is 32.4 Å². The molecule has 0 aromatic carbocycles. The van der Waals surface area contributed by atoms with E-state index in [1.54, 1.807) is 17.1 Å². The van der Waals surface area contributed by atoms with E-state index in [1.807, 2.05) is 20.8 Å². The van der Waals surface area contributed by atoms with Crippen LogP contribution in [0.15, 0.2) is 18.7 Å². The molecule has 0 fully saturated rings. The molecule has 0 aliphatic rings. The Bertz CT molecular complexity index is 486. The molecule has 16 heavy (non-hydrogen) atoms. The zero-order valence-electron chi connectivity index (χ0n) is 9.35. The summed E-state index contributed by atoms with van der Waals surface area (Å²) >= 11 is 5.96. The van der Waals surface area contributed by atoms with Crippen molar-refractivity contribution in [2.45, 2.75) is 26.2 Å². The van der Waals surface area contributed by atoms with E-state index in [9.17, 15) is 0 Å². The van der Waals surface area contributed by atoms with Gasteiger partial charge in [-0.2, -0.15) is 5.10 Å². The predicted octanol–water partition coefficient (Wildman–Crippen LogP) is 2.01. The second-order valence-electron chi connectivity index (χ2n) is 4.46. The summed E-state index contributed by atoms with van der Waals surface area (Å²) in [5.74, 6) is 1.31. The minimum absolute atomic E-state index is 0.153. The maximum atomic E-state index is 5.96. The van der Waals surface area contributed by atoms with Gasteiger partial charge in [-0.05, 0) is 0 Å². The Labute approximate surface area is 98.5 Å². The van der Waals surface area contributed by atoms with Crippen LogP contribution in [0.4, 0.5) is 0 Å². The van der Waals surface area contributed by atoms with E-state index in [2.05, 4.69) is 20.1 Å². The van der Waals surface area contributed by atoms with Gasteiger partial charge in [0.05, 0.1) is 0 Å². The normalized spacial score (nSPS) is 11.8. The van der Waals surface area contributed by atoms with Crippen LogP contribution in [0, 0.1) is 0 Å². The summed E-state index contributed by atoms with van der Waals surface area (Å²) in [6, 6.07) is 1.66. The summed E-state index contributed by atoms with van der Waals surface area (Å²) in [7, 11) is 0. The van der Waals surface area contributed by atoms with Crippen LogP contribution in [0.5, 0.6) is 0 Å². The van der Waals surface area contributed by atoms with Crippen LogP contribution < -0.4 is 0 Å².